The van der Waals surface area contributed by atoms with Gasteiger partial charge < -0.3 is 14.6 Å². The molecule has 0 aliphatic carbocycles. The maximum absolute atomic E-state index is 11.3. The van der Waals surface area contributed by atoms with E-state index in [1.54, 1.807) is 7.11 Å². The van der Waals surface area contributed by atoms with Crippen LogP contribution in [0.4, 0.5) is 0 Å². The van der Waals surface area contributed by atoms with E-state index < -0.39 is 5.97 Å². The van der Waals surface area contributed by atoms with Crippen LogP contribution in [0, 0.1) is 11.8 Å². The third-order valence-corrected chi connectivity index (χ3v) is 4.02. The van der Waals surface area contributed by atoms with Crippen LogP contribution in [-0.4, -0.2) is 42.8 Å². The molecule has 1 heterocycles. The van der Waals surface area contributed by atoms with Crippen LogP contribution in [0.1, 0.15) is 25.8 Å². The molecule has 1 fully saturated rings. The van der Waals surface area contributed by atoms with E-state index in [-0.39, 0.29) is 5.92 Å². The van der Waals surface area contributed by atoms with Gasteiger partial charge in [-0.15, -0.1) is 0 Å². The number of methoxy groups -OCH3 is 1. The Bertz CT molecular complexity index is 517. The zero-order valence-corrected chi connectivity index (χ0v) is 13.5. The normalized spacial score (nSPS) is 22.3. The van der Waals surface area contributed by atoms with E-state index >= 15 is 0 Å². The minimum absolute atomic E-state index is 0.270. The molecule has 1 aromatic carbocycles. The number of nitrogens with zero attached hydrogens (tertiary/aromatic N) is 1. The van der Waals surface area contributed by atoms with Gasteiger partial charge in [0.05, 0.1) is 19.6 Å². The van der Waals surface area contributed by atoms with E-state index in [4.69, 9.17) is 9.47 Å². The summed E-state index contributed by atoms with van der Waals surface area (Å²) in [6, 6.07) is 5.90. The summed E-state index contributed by atoms with van der Waals surface area (Å²) in [6.07, 6.45) is 0.763. The third kappa shape index (κ3) is 4.13. The lowest BCUT2D eigenvalue weighted by molar-refractivity contribution is -0.144. The van der Waals surface area contributed by atoms with E-state index in [0.717, 1.165) is 36.6 Å². The number of carboxylic acids is 1. The van der Waals surface area contributed by atoms with Crippen molar-refractivity contribution in [2.45, 2.75) is 26.8 Å². The van der Waals surface area contributed by atoms with Crippen molar-refractivity contribution in [1.82, 2.24) is 4.90 Å². The quantitative estimate of drug-likeness (QED) is 0.875. The fourth-order valence-corrected chi connectivity index (χ4v) is 3.12. The number of aliphatic carboxylic acids is 1. The van der Waals surface area contributed by atoms with E-state index in [9.17, 15) is 9.90 Å². The van der Waals surface area contributed by atoms with Gasteiger partial charge in [-0.05, 0) is 37.0 Å². The molecule has 2 rings (SSSR count). The van der Waals surface area contributed by atoms with Crippen LogP contribution in [0.25, 0.3) is 0 Å². The van der Waals surface area contributed by atoms with Gasteiger partial charge in [-0.2, -0.15) is 0 Å². The number of piperidine rings is 1. The second-order valence-corrected chi connectivity index (χ2v) is 5.99. The van der Waals surface area contributed by atoms with Gasteiger partial charge in [0.1, 0.15) is 0 Å². The number of hydrogen-bond acceptors (Lipinski definition) is 4. The molecule has 122 valence electrons. The van der Waals surface area contributed by atoms with E-state index in [0.29, 0.717) is 19.1 Å². The molecular weight excluding hydrogens is 282 g/mol. The van der Waals surface area contributed by atoms with Crippen molar-refractivity contribution < 1.29 is 19.4 Å². The smallest absolute Gasteiger partial charge is 0.307 e. The van der Waals surface area contributed by atoms with Crippen molar-refractivity contribution in [3.63, 3.8) is 0 Å². The van der Waals surface area contributed by atoms with Gasteiger partial charge in [-0.3, -0.25) is 9.69 Å². The van der Waals surface area contributed by atoms with Crippen LogP contribution >= 0.6 is 0 Å². The third-order valence-electron chi connectivity index (χ3n) is 4.02. The number of benzene rings is 1. The highest BCUT2D eigenvalue weighted by atomic mass is 16.5. The van der Waals surface area contributed by atoms with Gasteiger partial charge >= 0.3 is 5.97 Å². The predicted octanol–water partition coefficient (Wildman–Crippen LogP) is 2.64. The van der Waals surface area contributed by atoms with Gasteiger partial charge in [0.2, 0.25) is 0 Å². The van der Waals surface area contributed by atoms with Crippen molar-refractivity contribution in [2.75, 3.05) is 26.8 Å². The summed E-state index contributed by atoms with van der Waals surface area (Å²) in [6.45, 7) is 6.91. The number of likely N-dealkylation sites (tertiary alicyclic amines) is 1. The summed E-state index contributed by atoms with van der Waals surface area (Å²) in [4.78, 5) is 13.5. The number of rotatable bonds is 6. The van der Waals surface area contributed by atoms with E-state index in [1.165, 1.54) is 0 Å². The maximum Gasteiger partial charge on any atom is 0.307 e. The zero-order valence-electron chi connectivity index (χ0n) is 13.5. The van der Waals surface area contributed by atoms with Crippen LogP contribution in [0.5, 0.6) is 11.5 Å². The lowest BCUT2D eigenvalue weighted by Crippen LogP contribution is -2.41. The number of carbonyl (C=O) groups is 1. The molecule has 1 N–H and O–H groups in total. The number of ether oxygens (including phenoxy) is 2. The average Bonchev–Trinajstić information content (AvgIpc) is 2.47. The van der Waals surface area contributed by atoms with Gasteiger partial charge in [0.25, 0.3) is 0 Å². The topological polar surface area (TPSA) is 59.0 Å². The molecule has 1 saturated heterocycles. The molecule has 22 heavy (non-hydrogen) atoms. The van der Waals surface area contributed by atoms with Gasteiger partial charge in [-0.1, -0.05) is 13.0 Å². The number of carboxylic acid groups (broad SMARTS) is 1. The molecule has 2 unspecified atom stereocenters. The van der Waals surface area contributed by atoms with Crippen LogP contribution in [-0.2, 0) is 11.3 Å². The summed E-state index contributed by atoms with van der Waals surface area (Å²) < 4.78 is 10.9. The summed E-state index contributed by atoms with van der Waals surface area (Å²) >= 11 is 0. The molecular formula is C17H25NO4. The molecule has 5 nitrogen and oxygen atoms in total. The van der Waals surface area contributed by atoms with Crippen molar-refractivity contribution in [2.24, 2.45) is 11.8 Å². The molecule has 0 spiro atoms. The van der Waals surface area contributed by atoms with Gasteiger partial charge in [-0.25, -0.2) is 0 Å². The fourth-order valence-electron chi connectivity index (χ4n) is 3.12. The second kappa shape index (κ2) is 7.49. The second-order valence-electron chi connectivity index (χ2n) is 5.99. The Hall–Kier alpha value is -1.75. The molecule has 1 aliphatic rings. The first-order chi connectivity index (χ1) is 10.5. The summed E-state index contributed by atoms with van der Waals surface area (Å²) in [5, 5.41) is 9.26. The first-order valence-corrected chi connectivity index (χ1v) is 7.78. The Labute approximate surface area is 131 Å². The van der Waals surface area contributed by atoms with Crippen molar-refractivity contribution >= 4 is 5.97 Å². The Balaban J connectivity index is 2.09. The molecule has 5 heteroatoms. The van der Waals surface area contributed by atoms with Crippen molar-refractivity contribution in [3.05, 3.63) is 23.8 Å². The average molecular weight is 307 g/mol. The predicted molar refractivity (Wildman–Crippen MR) is 84.3 cm³/mol. The minimum atomic E-state index is -0.693. The largest absolute Gasteiger partial charge is 0.493 e. The first-order valence-electron chi connectivity index (χ1n) is 7.78. The zero-order chi connectivity index (χ0) is 16.1. The number of hydrogen-bond donors (Lipinski definition) is 1. The highest BCUT2D eigenvalue weighted by Gasteiger charge is 2.29. The summed E-state index contributed by atoms with van der Waals surface area (Å²) in [7, 11) is 1.63. The van der Waals surface area contributed by atoms with Crippen molar-refractivity contribution in [1.29, 1.82) is 0 Å². The van der Waals surface area contributed by atoms with Crippen molar-refractivity contribution in [3.8, 4) is 11.5 Å². The Morgan fingerprint density at radius 1 is 1.36 bits per heavy atom. The monoisotopic (exact) mass is 307 g/mol. The molecule has 0 radical (unpaired) electrons. The van der Waals surface area contributed by atoms with Crippen LogP contribution < -0.4 is 9.47 Å². The lowest BCUT2D eigenvalue weighted by atomic mass is 9.90. The molecule has 1 aromatic rings. The fraction of sp³-hybridized carbons (Fsp3) is 0.588. The molecule has 0 amide bonds. The van der Waals surface area contributed by atoms with E-state index in [2.05, 4.69) is 11.8 Å². The molecule has 0 aromatic heterocycles. The Morgan fingerprint density at radius 2 is 2.14 bits per heavy atom. The highest BCUT2D eigenvalue weighted by molar-refractivity contribution is 5.70. The standard InChI is InChI=1S/C17H25NO4/c1-4-22-16-8-13(5-6-15(16)21-3)10-18-9-12(2)7-14(11-18)17(19)20/h5-6,8,12,14H,4,7,9-11H2,1-3H3,(H,19,20). The van der Waals surface area contributed by atoms with Crippen LogP contribution in [0.2, 0.25) is 0 Å². The Morgan fingerprint density at radius 3 is 2.77 bits per heavy atom. The minimum Gasteiger partial charge on any atom is -0.493 e. The van der Waals surface area contributed by atoms with Gasteiger partial charge in [0.15, 0.2) is 11.5 Å². The van der Waals surface area contributed by atoms with Crippen LogP contribution in [0.15, 0.2) is 18.2 Å². The molecule has 1 aliphatic heterocycles. The highest BCUT2D eigenvalue weighted by Crippen LogP contribution is 2.30. The lowest BCUT2D eigenvalue weighted by Gasteiger charge is -2.34. The molecule has 2 atom stereocenters. The first kappa shape index (κ1) is 16.6. The molecule has 0 saturated carbocycles. The summed E-state index contributed by atoms with van der Waals surface area (Å²) in [5.74, 6) is 0.900. The van der Waals surface area contributed by atoms with Crippen LogP contribution in [0.3, 0.4) is 0 Å². The maximum atomic E-state index is 11.3. The Kier molecular flexibility index (Phi) is 5.66. The molecule has 0 bridgehead atoms. The SMILES string of the molecule is CCOc1cc(CN2CC(C)CC(C(=O)O)C2)ccc1OC. The summed E-state index contributed by atoms with van der Waals surface area (Å²) in [5.41, 5.74) is 1.11. The van der Waals surface area contributed by atoms with Gasteiger partial charge in [0, 0.05) is 19.6 Å². The van der Waals surface area contributed by atoms with E-state index in [1.807, 2.05) is 25.1 Å².